The molecule has 20 heavy (non-hydrogen) atoms. The van der Waals surface area contributed by atoms with E-state index in [0.717, 1.165) is 16.3 Å². The van der Waals surface area contributed by atoms with Crippen LogP contribution in [0.5, 0.6) is 0 Å². The zero-order valence-corrected chi connectivity index (χ0v) is 13.9. The molecular weight excluding hydrogens is 334 g/mol. The van der Waals surface area contributed by atoms with Crippen molar-refractivity contribution in [1.82, 2.24) is 14.5 Å². The first-order chi connectivity index (χ1) is 9.46. The molecule has 0 saturated heterocycles. The molecule has 0 spiro atoms. The topological polar surface area (TPSA) is 64.0 Å². The van der Waals surface area contributed by atoms with Crippen LogP contribution in [0.3, 0.4) is 0 Å². The van der Waals surface area contributed by atoms with Gasteiger partial charge in [-0.25, -0.2) is 17.8 Å². The molecule has 0 radical (unpaired) electrons. The number of benzene rings is 1. The largest absolute Gasteiger partial charge is 0.215 e. The molecule has 0 atom stereocenters. The highest BCUT2D eigenvalue weighted by Crippen LogP contribution is 2.23. The van der Waals surface area contributed by atoms with Crippen LogP contribution in [0.25, 0.3) is 5.69 Å². The van der Waals surface area contributed by atoms with Crippen molar-refractivity contribution in [3.05, 3.63) is 34.3 Å². The summed E-state index contributed by atoms with van der Waals surface area (Å²) in [5, 5.41) is 4.43. The van der Waals surface area contributed by atoms with Gasteiger partial charge in [0.15, 0.2) is 8.29 Å². The summed E-state index contributed by atoms with van der Waals surface area (Å²) in [5.74, 6) is 0.615. The van der Waals surface area contributed by atoms with Gasteiger partial charge in [0.25, 0.3) is 0 Å². The lowest BCUT2D eigenvalue weighted by molar-refractivity contribution is 0.590. The Morgan fingerprint density at radius 1 is 1.40 bits per heavy atom. The van der Waals surface area contributed by atoms with Crippen molar-refractivity contribution < 1.29 is 8.42 Å². The zero-order chi connectivity index (χ0) is 14.6. The maximum absolute atomic E-state index is 10.9. The molecule has 2 rings (SSSR count). The highest BCUT2D eigenvalue weighted by atomic mass is 32.2. The van der Waals surface area contributed by atoms with Gasteiger partial charge in [-0.3, -0.25) is 0 Å². The van der Waals surface area contributed by atoms with E-state index in [9.17, 15) is 8.42 Å². The Balaban J connectivity index is 2.00. The first-order valence-corrected chi connectivity index (χ1v) is 9.79. The fraction of sp³-hybridized carbons (Fsp3) is 0.273. The van der Waals surface area contributed by atoms with Crippen LogP contribution < -0.4 is 4.72 Å². The van der Waals surface area contributed by atoms with Gasteiger partial charge in [-0.05, 0) is 24.4 Å². The average molecular weight is 348 g/mol. The number of hydrogen-bond donors (Lipinski definition) is 1. The Morgan fingerprint density at radius 2 is 2.10 bits per heavy atom. The molecule has 1 heterocycles. The Hall–Kier alpha value is -0.740. The summed E-state index contributed by atoms with van der Waals surface area (Å²) in [6.07, 6.45) is 1.14. The third-order valence-corrected chi connectivity index (χ3v) is 5.32. The first kappa shape index (κ1) is 15.6. The SMILES string of the molecule is CS(=O)(=O)NCCSc1nn(-c2ccccc2)c(=S)s1. The van der Waals surface area contributed by atoms with Gasteiger partial charge < -0.3 is 0 Å². The van der Waals surface area contributed by atoms with Crippen LogP contribution in [0.2, 0.25) is 0 Å². The summed E-state index contributed by atoms with van der Waals surface area (Å²) in [5.41, 5.74) is 0.926. The second-order valence-corrected chi connectivity index (χ2v) is 8.69. The van der Waals surface area contributed by atoms with Crippen LogP contribution in [0.1, 0.15) is 0 Å². The van der Waals surface area contributed by atoms with E-state index in [1.807, 2.05) is 30.3 Å². The molecule has 0 fully saturated rings. The van der Waals surface area contributed by atoms with E-state index in [1.165, 1.54) is 23.1 Å². The summed E-state index contributed by atoms with van der Waals surface area (Å²) < 4.78 is 27.5. The quantitative estimate of drug-likeness (QED) is 0.493. The molecule has 0 unspecified atom stereocenters. The van der Waals surface area contributed by atoms with E-state index in [4.69, 9.17) is 12.2 Å². The van der Waals surface area contributed by atoms with E-state index in [-0.39, 0.29) is 0 Å². The van der Waals surface area contributed by atoms with E-state index in [0.29, 0.717) is 16.3 Å². The number of hydrogen-bond acceptors (Lipinski definition) is 6. The van der Waals surface area contributed by atoms with Gasteiger partial charge in [0.2, 0.25) is 10.0 Å². The van der Waals surface area contributed by atoms with Crippen molar-refractivity contribution in [2.75, 3.05) is 18.6 Å². The van der Waals surface area contributed by atoms with Crippen molar-refractivity contribution in [2.24, 2.45) is 0 Å². The summed E-state index contributed by atoms with van der Waals surface area (Å²) >= 11 is 8.19. The lowest BCUT2D eigenvalue weighted by atomic mass is 10.3. The number of sulfonamides is 1. The average Bonchev–Trinajstić information content (AvgIpc) is 2.76. The number of aromatic nitrogens is 2. The minimum Gasteiger partial charge on any atom is -0.215 e. The van der Waals surface area contributed by atoms with Crippen LogP contribution in [-0.4, -0.2) is 36.8 Å². The third kappa shape index (κ3) is 4.67. The monoisotopic (exact) mass is 347 g/mol. The minimum atomic E-state index is -3.13. The molecule has 1 aromatic heterocycles. The Kier molecular flexibility index (Phi) is 5.33. The fourth-order valence-electron chi connectivity index (χ4n) is 1.42. The van der Waals surface area contributed by atoms with Gasteiger partial charge in [-0.15, -0.1) is 5.10 Å². The maximum Gasteiger partial charge on any atom is 0.208 e. The van der Waals surface area contributed by atoms with Crippen molar-refractivity contribution >= 4 is 45.3 Å². The third-order valence-electron chi connectivity index (χ3n) is 2.22. The summed E-state index contributed by atoms with van der Waals surface area (Å²) in [4.78, 5) is 0. The van der Waals surface area contributed by atoms with Crippen LogP contribution in [0, 0.1) is 3.95 Å². The minimum absolute atomic E-state index is 0.376. The van der Waals surface area contributed by atoms with Crippen LogP contribution in [-0.2, 0) is 10.0 Å². The fourth-order valence-corrected chi connectivity index (χ4v) is 4.31. The van der Waals surface area contributed by atoms with Gasteiger partial charge >= 0.3 is 0 Å². The van der Waals surface area contributed by atoms with E-state index >= 15 is 0 Å². The number of rotatable bonds is 6. The summed E-state index contributed by atoms with van der Waals surface area (Å²) in [7, 11) is -3.13. The molecule has 0 amide bonds. The number of para-hydroxylation sites is 1. The van der Waals surface area contributed by atoms with Gasteiger partial charge in [-0.1, -0.05) is 41.3 Å². The van der Waals surface area contributed by atoms with Crippen molar-refractivity contribution in [3.63, 3.8) is 0 Å². The molecule has 0 aliphatic heterocycles. The highest BCUT2D eigenvalue weighted by molar-refractivity contribution is 8.01. The van der Waals surface area contributed by atoms with Gasteiger partial charge in [0.1, 0.15) is 0 Å². The standard InChI is InChI=1S/C11H13N3O2S4/c1-20(15,16)12-7-8-18-10-13-14(11(17)19-10)9-5-3-2-4-6-9/h2-6,12H,7-8H2,1H3. The Labute approximate surface area is 131 Å². The molecular formula is C11H13N3O2S4. The molecule has 108 valence electrons. The molecule has 0 aliphatic carbocycles. The summed E-state index contributed by atoms with van der Waals surface area (Å²) in [6, 6.07) is 9.68. The molecule has 2 aromatic rings. The molecule has 0 saturated carbocycles. The second-order valence-electron chi connectivity index (χ2n) is 3.90. The zero-order valence-electron chi connectivity index (χ0n) is 10.6. The van der Waals surface area contributed by atoms with Crippen LogP contribution in [0.4, 0.5) is 0 Å². The first-order valence-electron chi connectivity index (χ1n) is 5.69. The summed E-state index contributed by atoms with van der Waals surface area (Å²) in [6.45, 7) is 0.376. The molecule has 1 aromatic carbocycles. The smallest absolute Gasteiger partial charge is 0.208 e. The molecule has 0 bridgehead atoms. The van der Waals surface area contributed by atoms with Crippen LogP contribution >= 0.6 is 35.3 Å². The molecule has 9 heteroatoms. The van der Waals surface area contributed by atoms with Crippen molar-refractivity contribution in [1.29, 1.82) is 0 Å². The Morgan fingerprint density at radius 3 is 2.75 bits per heavy atom. The highest BCUT2D eigenvalue weighted by Gasteiger charge is 2.06. The van der Waals surface area contributed by atoms with Gasteiger partial charge in [0, 0.05) is 12.3 Å². The maximum atomic E-state index is 10.9. The van der Waals surface area contributed by atoms with Gasteiger partial charge in [-0.2, -0.15) is 0 Å². The normalized spacial score (nSPS) is 11.7. The van der Waals surface area contributed by atoms with E-state index < -0.39 is 10.0 Å². The Bertz CT molecular complexity index is 722. The lowest BCUT2D eigenvalue weighted by Crippen LogP contribution is -2.24. The second kappa shape index (κ2) is 6.81. The van der Waals surface area contributed by atoms with Crippen LogP contribution in [0.15, 0.2) is 34.7 Å². The van der Waals surface area contributed by atoms with Crippen molar-refractivity contribution in [2.45, 2.75) is 4.34 Å². The van der Waals surface area contributed by atoms with Crippen molar-refractivity contribution in [3.8, 4) is 5.69 Å². The number of thioether (sulfide) groups is 1. The molecule has 0 aliphatic rings. The number of nitrogens with one attached hydrogen (secondary N) is 1. The molecule has 5 nitrogen and oxygen atoms in total. The number of nitrogens with zero attached hydrogens (tertiary/aromatic N) is 2. The predicted molar refractivity (Wildman–Crippen MR) is 85.8 cm³/mol. The van der Waals surface area contributed by atoms with E-state index in [1.54, 1.807) is 4.68 Å². The van der Waals surface area contributed by atoms with Gasteiger partial charge in [0.05, 0.1) is 11.9 Å². The van der Waals surface area contributed by atoms with E-state index in [2.05, 4.69) is 9.82 Å². The predicted octanol–water partition coefficient (Wildman–Crippen LogP) is 2.30. The lowest BCUT2D eigenvalue weighted by Gasteiger charge is -2.00. The molecule has 1 N–H and O–H groups in total.